The van der Waals surface area contributed by atoms with Crippen molar-refractivity contribution in [2.24, 2.45) is 17.7 Å². The highest BCUT2D eigenvalue weighted by atomic mass is 32.2. The van der Waals surface area contributed by atoms with Gasteiger partial charge in [-0.25, -0.2) is 10.2 Å². The molecule has 7 nitrogen and oxygen atoms in total. The maximum atomic E-state index is 12.6. The number of esters is 1. The van der Waals surface area contributed by atoms with Crippen LogP contribution >= 0.6 is 11.8 Å². The van der Waals surface area contributed by atoms with Gasteiger partial charge in [-0.05, 0) is 42.1 Å². The Hall–Kier alpha value is -0.830. The Labute approximate surface area is 180 Å². The van der Waals surface area contributed by atoms with Gasteiger partial charge in [0.15, 0.2) is 6.04 Å². The predicted octanol–water partition coefficient (Wildman–Crippen LogP) is 2.37. The number of methoxy groups -OCH3 is 1. The van der Waals surface area contributed by atoms with Gasteiger partial charge in [0.1, 0.15) is 0 Å². The van der Waals surface area contributed by atoms with Crippen LogP contribution < -0.4 is 16.6 Å². The first-order valence-corrected chi connectivity index (χ1v) is 12.0. The van der Waals surface area contributed by atoms with Crippen LogP contribution in [0.2, 0.25) is 0 Å². The van der Waals surface area contributed by atoms with Crippen LogP contribution in [-0.2, 0) is 14.3 Å². The quantitative estimate of drug-likeness (QED) is 0.153. The number of amides is 1. The van der Waals surface area contributed by atoms with E-state index in [-0.39, 0.29) is 0 Å². The third kappa shape index (κ3) is 10.2. The third-order valence-corrected chi connectivity index (χ3v) is 6.81. The van der Waals surface area contributed by atoms with Gasteiger partial charge in [-0.15, -0.1) is 0 Å². The molecular formula is C21H41N3O4S. The molecule has 29 heavy (non-hydrogen) atoms. The first-order valence-electron chi connectivity index (χ1n) is 10.9. The van der Waals surface area contributed by atoms with Crippen molar-refractivity contribution in [2.75, 3.05) is 12.9 Å². The number of thioether (sulfide) groups is 1. The van der Waals surface area contributed by atoms with Gasteiger partial charge in [-0.3, -0.25) is 10.6 Å². The molecule has 1 aliphatic rings. The molecule has 0 bridgehead atoms. The summed E-state index contributed by atoms with van der Waals surface area (Å²) in [6.07, 6.45) is 7.59. The number of aliphatic hydroxyl groups is 1. The number of hydrogen-bond acceptors (Lipinski definition) is 7. The smallest absolute Gasteiger partial charge is 0.334 e. The summed E-state index contributed by atoms with van der Waals surface area (Å²) in [7, 11) is 1.21. The zero-order valence-corrected chi connectivity index (χ0v) is 19.3. The van der Waals surface area contributed by atoms with Gasteiger partial charge in [0.2, 0.25) is 5.91 Å². The molecule has 0 saturated heterocycles. The van der Waals surface area contributed by atoms with Gasteiger partial charge in [0, 0.05) is 0 Å². The summed E-state index contributed by atoms with van der Waals surface area (Å²) in [5, 5.41) is 14.4. The van der Waals surface area contributed by atoms with E-state index in [0.29, 0.717) is 23.5 Å². The summed E-state index contributed by atoms with van der Waals surface area (Å²) in [5.74, 6) is 5.97. The predicted molar refractivity (Wildman–Crippen MR) is 118 cm³/mol. The molecule has 1 aliphatic carbocycles. The van der Waals surface area contributed by atoms with Crippen LogP contribution in [0.5, 0.6) is 0 Å². The molecule has 1 saturated carbocycles. The van der Waals surface area contributed by atoms with E-state index < -0.39 is 30.1 Å². The number of rotatable bonds is 13. The Morgan fingerprint density at radius 1 is 1.21 bits per heavy atom. The molecule has 0 aromatic heterocycles. The van der Waals surface area contributed by atoms with E-state index in [2.05, 4.69) is 36.3 Å². The number of nitrogens with one attached hydrogen (secondary N) is 2. The summed E-state index contributed by atoms with van der Waals surface area (Å²) < 4.78 is 4.64. The first kappa shape index (κ1) is 26.2. The maximum Gasteiger partial charge on any atom is 0.334 e. The fourth-order valence-electron chi connectivity index (χ4n) is 3.93. The summed E-state index contributed by atoms with van der Waals surface area (Å²) in [4.78, 5) is 24.4. The SMILES string of the molecule is COC(=O)C(NN)C(=O)NC(CC1CCCCC1)C(O)CC(C)CCSC(C)C. The van der Waals surface area contributed by atoms with Gasteiger partial charge in [-0.2, -0.15) is 11.8 Å². The fourth-order valence-corrected chi connectivity index (χ4v) is 4.94. The number of ether oxygens (including phenoxy) is 1. The van der Waals surface area contributed by atoms with Crippen LogP contribution in [0.4, 0.5) is 0 Å². The van der Waals surface area contributed by atoms with Gasteiger partial charge < -0.3 is 15.2 Å². The van der Waals surface area contributed by atoms with Gasteiger partial charge in [0.25, 0.3) is 0 Å². The highest BCUT2D eigenvalue weighted by Gasteiger charge is 2.32. The summed E-state index contributed by atoms with van der Waals surface area (Å²) >= 11 is 1.92. The molecule has 8 heteroatoms. The second-order valence-electron chi connectivity index (χ2n) is 8.59. The van der Waals surface area contributed by atoms with Crippen molar-refractivity contribution >= 4 is 23.6 Å². The van der Waals surface area contributed by atoms with E-state index in [9.17, 15) is 14.7 Å². The van der Waals surface area contributed by atoms with Crippen molar-refractivity contribution in [1.82, 2.24) is 10.7 Å². The van der Waals surface area contributed by atoms with Crippen molar-refractivity contribution in [3.63, 3.8) is 0 Å². The molecular weight excluding hydrogens is 390 g/mol. The largest absolute Gasteiger partial charge is 0.467 e. The average Bonchev–Trinajstić information content (AvgIpc) is 2.68. The molecule has 4 unspecified atom stereocenters. The van der Waals surface area contributed by atoms with E-state index in [1.807, 2.05) is 11.8 Å². The standard InChI is InChI=1S/C21H41N3O4S/c1-14(2)29-11-10-15(3)12-18(25)17(13-16-8-6-5-7-9-16)23-20(26)19(24-22)21(27)28-4/h14-19,24-25H,5-13,22H2,1-4H3,(H,23,26). The van der Waals surface area contributed by atoms with E-state index in [4.69, 9.17) is 5.84 Å². The van der Waals surface area contributed by atoms with Crippen molar-refractivity contribution in [2.45, 2.75) is 95.6 Å². The lowest BCUT2D eigenvalue weighted by Crippen LogP contribution is -2.56. The third-order valence-electron chi connectivity index (χ3n) is 5.68. The molecule has 170 valence electrons. The lowest BCUT2D eigenvalue weighted by Gasteiger charge is -2.32. The van der Waals surface area contributed by atoms with Crippen molar-refractivity contribution < 1.29 is 19.4 Å². The highest BCUT2D eigenvalue weighted by Crippen LogP contribution is 2.29. The van der Waals surface area contributed by atoms with Crippen molar-refractivity contribution in [1.29, 1.82) is 0 Å². The number of hydrogen-bond donors (Lipinski definition) is 4. The van der Waals surface area contributed by atoms with Crippen LogP contribution in [-0.4, -0.2) is 53.3 Å². The van der Waals surface area contributed by atoms with Crippen LogP contribution in [0, 0.1) is 11.8 Å². The zero-order chi connectivity index (χ0) is 21.8. The number of carbonyl (C=O) groups is 2. The highest BCUT2D eigenvalue weighted by molar-refractivity contribution is 7.99. The Balaban J connectivity index is 2.72. The fraction of sp³-hybridized carbons (Fsp3) is 0.905. The van der Waals surface area contributed by atoms with E-state index in [0.717, 1.165) is 31.4 Å². The molecule has 1 rings (SSSR count). The molecule has 0 aromatic rings. The summed E-state index contributed by atoms with van der Waals surface area (Å²) in [5.41, 5.74) is 2.21. The minimum atomic E-state index is -1.28. The molecule has 0 heterocycles. The first-order chi connectivity index (χ1) is 13.8. The monoisotopic (exact) mass is 431 g/mol. The summed E-state index contributed by atoms with van der Waals surface area (Å²) in [6.45, 7) is 6.51. The van der Waals surface area contributed by atoms with Gasteiger partial charge in [-0.1, -0.05) is 52.9 Å². The van der Waals surface area contributed by atoms with Gasteiger partial charge >= 0.3 is 5.97 Å². The maximum absolute atomic E-state index is 12.6. The zero-order valence-electron chi connectivity index (χ0n) is 18.5. The number of aliphatic hydroxyl groups excluding tert-OH is 1. The second-order valence-corrected chi connectivity index (χ2v) is 10.3. The lowest BCUT2D eigenvalue weighted by atomic mass is 9.82. The Bertz CT molecular complexity index is 487. The molecule has 1 fully saturated rings. The minimum Gasteiger partial charge on any atom is -0.467 e. The van der Waals surface area contributed by atoms with Crippen molar-refractivity contribution in [3.05, 3.63) is 0 Å². The normalized spacial score (nSPS) is 19.4. The van der Waals surface area contributed by atoms with E-state index in [1.165, 1.54) is 26.4 Å². The van der Waals surface area contributed by atoms with E-state index in [1.54, 1.807) is 0 Å². The molecule has 0 aliphatic heterocycles. The molecule has 1 amide bonds. The minimum absolute atomic E-state index is 0.353. The summed E-state index contributed by atoms with van der Waals surface area (Å²) in [6, 6.07) is -1.67. The van der Waals surface area contributed by atoms with Crippen LogP contribution in [0.25, 0.3) is 0 Å². The number of nitrogens with two attached hydrogens (primary N) is 1. The Morgan fingerprint density at radius 2 is 1.86 bits per heavy atom. The number of carbonyl (C=O) groups excluding carboxylic acids is 2. The molecule has 0 radical (unpaired) electrons. The average molecular weight is 432 g/mol. The molecule has 4 atom stereocenters. The van der Waals surface area contributed by atoms with Crippen molar-refractivity contribution in [3.8, 4) is 0 Å². The molecule has 5 N–H and O–H groups in total. The van der Waals surface area contributed by atoms with Gasteiger partial charge in [0.05, 0.1) is 19.3 Å². The van der Waals surface area contributed by atoms with Crippen LogP contribution in [0.1, 0.15) is 72.1 Å². The molecule has 0 aromatic carbocycles. The second kappa shape index (κ2) is 14.2. The Morgan fingerprint density at radius 3 is 2.41 bits per heavy atom. The molecule has 0 spiro atoms. The Kier molecular flexibility index (Phi) is 12.9. The van der Waals surface area contributed by atoms with Crippen LogP contribution in [0.15, 0.2) is 0 Å². The van der Waals surface area contributed by atoms with Crippen LogP contribution in [0.3, 0.4) is 0 Å². The van der Waals surface area contributed by atoms with E-state index >= 15 is 0 Å². The number of hydrazine groups is 1. The lowest BCUT2D eigenvalue weighted by molar-refractivity contribution is -0.147. The topological polar surface area (TPSA) is 114 Å².